The van der Waals surface area contributed by atoms with E-state index >= 15 is 0 Å². The summed E-state index contributed by atoms with van der Waals surface area (Å²) in [5.74, 6) is 0.188. The smallest absolute Gasteiger partial charge is 0.272 e. The van der Waals surface area contributed by atoms with Gasteiger partial charge >= 0.3 is 0 Å². The Morgan fingerprint density at radius 1 is 1.17 bits per heavy atom. The van der Waals surface area contributed by atoms with Crippen molar-refractivity contribution in [3.63, 3.8) is 0 Å². The molecular formula is C21H16N4O4. The van der Waals surface area contributed by atoms with Gasteiger partial charge in [0, 0.05) is 35.5 Å². The number of hydrogen-bond donors (Lipinski definition) is 1. The van der Waals surface area contributed by atoms with Crippen LogP contribution in [0.25, 0.3) is 22.7 Å². The number of nitrogens with zero attached hydrogens (tertiary/aromatic N) is 3. The van der Waals surface area contributed by atoms with Gasteiger partial charge in [-0.3, -0.25) is 14.9 Å². The third-order valence-electron chi connectivity index (χ3n) is 4.47. The van der Waals surface area contributed by atoms with Crippen molar-refractivity contribution in [3.05, 3.63) is 87.6 Å². The SMILES string of the molecule is Cc1cc(C(=O)NCc2ccc(-c3nc4ncccc4o3)cc2)ccc1[N+](=O)[O-]. The van der Waals surface area contributed by atoms with Crippen LogP contribution in [-0.4, -0.2) is 20.8 Å². The lowest BCUT2D eigenvalue weighted by Gasteiger charge is -2.07. The van der Waals surface area contributed by atoms with Gasteiger partial charge < -0.3 is 9.73 Å². The summed E-state index contributed by atoms with van der Waals surface area (Å²) < 4.78 is 5.70. The lowest BCUT2D eigenvalue weighted by molar-refractivity contribution is -0.385. The largest absolute Gasteiger partial charge is 0.434 e. The van der Waals surface area contributed by atoms with Crippen LogP contribution in [0.15, 0.2) is 65.2 Å². The summed E-state index contributed by atoms with van der Waals surface area (Å²) in [6.07, 6.45) is 1.66. The zero-order valence-corrected chi connectivity index (χ0v) is 15.5. The Kier molecular flexibility index (Phi) is 4.74. The van der Waals surface area contributed by atoms with Crippen molar-refractivity contribution in [2.45, 2.75) is 13.5 Å². The number of nitro groups is 1. The molecule has 144 valence electrons. The van der Waals surface area contributed by atoms with Crippen LogP contribution in [0.5, 0.6) is 0 Å². The van der Waals surface area contributed by atoms with Gasteiger partial charge in [-0.2, -0.15) is 4.98 Å². The molecule has 0 fully saturated rings. The molecule has 0 aliphatic heterocycles. The summed E-state index contributed by atoms with van der Waals surface area (Å²) in [6.45, 7) is 1.93. The molecule has 0 unspecified atom stereocenters. The van der Waals surface area contributed by atoms with E-state index in [0.29, 0.717) is 34.8 Å². The van der Waals surface area contributed by atoms with Gasteiger partial charge in [-0.15, -0.1) is 0 Å². The van der Waals surface area contributed by atoms with Gasteiger partial charge in [-0.1, -0.05) is 12.1 Å². The van der Waals surface area contributed by atoms with Crippen molar-refractivity contribution in [2.24, 2.45) is 0 Å². The van der Waals surface area contributed by atoms with Crippen molar-refractivity contribution < 1.29 is 14.1 Å². The van der Waals surface area contributed by atoms with E-state index in [2.05, 4.69) is 15.3 Å². The lowest BCUT2D eigenvalue weighted by Crippen LogP contribution is -2.22. The average Bonchev–Trinajstić information content (AvgIpc) is 3.16. The van der Waals surface area contributed by atoms with Crippen LogP contribution in [0.3, 0.4) is 0 Å². The number of nitrogens with one attached hydrogen (secondary N) is 1. The first-order chi connectivity index (χ1) is 14.0. The normalized spacial score (nSPS) is 10.8. The minimum absolute atomic E-state index is 0.00784. The summed E-state index contributed by atoms with van der Waals surface area (Å²) in [4.78, 5) is 31.3. The third kappa shape index (κ3) is 3.81. The minimum atomic E-state index is -0.467. The quantitative estimate of drug-likeness (QED) is 0.408. The number of benzene rings is 2. The monoisotopic (exact) mass is 388 g/mol. The third-order valence-corrected chi connectivity index (χ3v) is 4.47. The van der Waals surface area contributed by atoms with E-state index in [1.807, 2.05) is 30.3 Å². The van der Waals surface area contributed by atoms with E-state index in [1.54, 1.807) is 19.2 Å². The highest BCUT2D eigenvalue weighted by Crippen LogP contribution is 2.23. The van der Waals surface area contributed by atoms with Crippen LogP contribution >= 0.6 is 0 Å². The molecule has 0 spiro atoms. The summed E-state index contributed by atoms with van der Waals surface area (Å²) >= 11 is 0. The van der Waals surface area contributed by atoms with Gasteiger partial charge in [0.15, 0.2) is 11.2 Å². The number of fused-ring (bicyclic) bond motifs is 1. The maximum Gasteiger partial charge on any atom is 0.272 e. The predicted molar refractivity (Wildman–Crippen MR) is 106 cm³/mol. The molecule has 0 aliphatic rings. The first-order valence-corrected chi connectivity index (χ1v) is 8.85. The lowest BCUT2D eigenvalue weighted by atomic mass is 10.1. The molecule has 0 bridgehead atoms. The van der Waals surface area contributed by atoms with Crippen molar-refractivity contribution in [3.8, 4) is 11.5 Å². The van der Waals surface area contributed by atoms with E-state index < -0.39 is 4.92 Å². The minimum Gasteiger partial charge on any atom is -0.434 e. The molecular weight excluding hydrogens is 372 g/mol. The van der Waals surface area contributed by atoms with Crippen LogP contribution in [0.4, 0.5) is 5.69 Å². The Bertz CT molecular complexity index is 1180. The molecule has 29 heavy (non-hydrogen) atoms. The molecule has 8 heteroatoms. The Labute approximate surface area is 165 Å². The molecule has 4 rings (SSSR count). The van der Waals surface area contributed by atoms with E-state index in [0.717, 1.165) is 11.1 Å². The number of amides is 1. The predicted octanol–water partition coefficient (Wildman–Crippen LogP) is 4.04. The molecule has 0 atom stereocenters. The van der Waals surface area contributed by atoms with E-state index in [4.69, 9.17) is 4.42 Å². The number of pyridine rings is 1. The van der Waals surface area contributed by atoms with Gasteiger partial charge in [-0.05, 0) is 48.9 Å². The first-order valence-electron chi connectivity index (χ1n) is 8.85. The van der Waals surface area contributed by atoms with Crippen LogP contribution in [0.2, 0.25) is 0 Å². The van der Waals surface area contributed by atoms with Crippen LogP contribution < -0.4 is 5.32 Å². The van der Waals surface area contributed by atoms with Crippen LogP contribution in [0.1, 0.15) is 21.5 Å². The number of rotatable bonds is 5. The molecule has 0 saturated heterocycles. The number of carbonyl (C=O) groups excluding carboxylic acids is 1. The van der Waals surface area contributed by atoms with E-state index in [-0.39, 0.29) is 11.6 Å². The number of oxazole rings is 1. The summed E-state index contributed by atoms with van der Waals surface area (Å²) in [6, 6.07) is 15.4. The molecule has 1 amide bonds. The van der Waals surface area contributed by atoms with Crippen molar-refractivity contribution in [2.75, 3.05) is 0 Å². The number of aromatic nitrogens is 2. The summed E-state index contributed by atoms with van der Waals surface area (Å²) in [7, 11) is 0. The fraction of sp³-hybridized carbons (Fsp3) is 0.0952. The van der Waals surface area contributed by atoms with Crippen LogP contribution in [-0.2, 0) is 6.54 Å². The molecule has 2 aromatic heterocycles. The first kappa shape index (κ1) is 18.3. The standard InChI is InChI=1S/C21H16N4O4/c1-13-11-16(8-9-17(13)25(27)28)20(26)23-12-14-4-6-15(7-5-14)21-24-19-18(29-21)3-2-10-22-19/h2-11H,12H2,1H3,(H,23,26). The average molecular weight is 388 g/mol. The maximum absolute atomic E-state index is 12.3. The van der Waals surface area contributed by atoms with Gasteiger partial charge in [0.2, 0.25) is 5.89 Å². The zero-order chi connectivity index (χ0) is 20.4. The van der Waals surface area contributed by atoms with E-state index in [1.165, 1.54) is 18.2 Å². The van der Waals surface area contributed by atoms with Crippen LogP contribution in [0, 0.1) is 17.0 Å². The Balaban J connectivity index is 1.43. The molecule has 2 heterocycles. The topological polar surface area (TPSA) is 111 Å². The fourth-order valence-electron chi connectivity index (χ4n) is 2.94. The fourth-order valence-corrected chi connectivity index (χ4v) is 2.94. The second-order valence-corrected chi connectivity index (χ2v) is 6.48. The Morgan fingerprint density at radius 3 is 2.66 bits per heavy atom. The second kappa shape index (κ2) is 7.51. The van der Waals surface area contributed by atoms with Gasteiger partial charge in [-0.25, -0.2) is 4.98 Å². The highest BCUT2D eigenvalue weighted by atomic mass is 16.6. The van der Waals surface area contributed by atoms with E-state index in [9.17, 15) is 14.9 Å². The molecule has 8 nitrogen and oxygen atoms in total. The molecule has 1 N–H and O–H groups in total. The number of carbonyl (C=O) groups is 1. The molecule has 0 radical (unpaired) electrons. The van der Waals surface area contributed by atoms with Crippen molar-refractivity contribution >= 4 is 22.8 Å². The van der Waals surface area contributed by atoms with Gasteiger partial charge in [0.05, 0.1) is 4.92 Å². The molecule has 0 saturated carbocycles. The highest BCUT2D eigenvalue weighted by molar-refractivity contribution is 5.94. The summed E-state index contributed by atoms with van der Waals surface area (Å²) in [5.41, 5.74) is 3.70. The maximum atomic E-state index is 12.3. The second-order valence-electron chi connectivity index (χ2n) is 6.48. The Morgan fingerprint density at radius 2 is 1.97 bits per heavy atom. The number of nitro benzene ring substituents is 1. The van der Waals surface area contributed by atoms with Crippen molar-refractivity contribution in [1.29, 1.82) is 0 Å². The molecule has 0 aliphatic carbocycles. The van der Waals surface area contributed by atoms with Crippen molar-refractivity contribution in [1.82, 2.24) is 15.3 Å². The summed E-state index contributed by atoms with van der Waals surface area (Å²) in [5, 5.41) is 13.7. The van der Waals surface area contributed by atoms with Gasteiger partial charge in [0.1, 0.15) is 0 Å². The molecule has 2 aromatic carbocycles. The highest BCUT2D eigenvalue weighted by Gasteiger charge is 2.14. The number of hydrogen-bond acceptors (Lipinski definition) is 6. The van der Waals surface area contributed by atoms with Gasteiger partial charge in [0.25, 0.3) is 11.6 Å². The zero-order valence-electron chi connectivity index (χ0n) is 15.5. The molecule has 4 aromatic rings. The Hall–Kier alpha value is -4.07. The number of aryl methyl sites for hydroxylation is 1.